The number of imidazole rings is 1. The third-order valence-corrected chi connectivity index (χ3v) is 4.56. The van der Waals surface area contributed by atoms with E-state index in [2.05, 4.69) is 21.5 Å². The molecular weight excluding hydrogens is 242 g/mol. The topological polar surface area (TPSA) is 33.6 Å². The lowest BCUT2D eigenvalue weighted by Crippen LogP contribution is -2.22. The fraction of sp³-hybridized carbons (Fsp3) is 0.571. The molecule has 2 atom stereocenters. The van der Waals surface area contributed by atoms with Crippen LogP contribution in [-0.4, -0.2) is 14.5 Å². The van der Waals surface area contributed by atoms with Crippen molar-refractivity contribution < 1.29 is 0 Å². The van der Waals surface area contributed by atoms with Gasteiger partial charge in [0.15, 0.2) is 10.4 Å². The second-order valence-corrected chi connectivity index (χ2v) is 5.82. The summed E-state index contributed by atoms with van der Waals surface area (Å²) in [5.41, 5.74) is 2.05. The van der Waals surface area contributed by atoms with Crippen LogP contribution in [0.4, 0.5) is 0 Å². The molecule has 0 aliphatic heterocycles. The minimum absolute atomic E-state index is 0.742. The Kier molecular flexibility index (Phi) is 3.20. The predicted molar refractivity (Wildman–Crippen MR) is 76.0 cm³/mol. The summed E-state index contributed by atoms with van der Waals surface area (Å²) in [5, 5.41) is 0. The van der Waals surface area contributed by atoms with Gasteiger partial charge in [-0.05, 0) is 42.6 Å². The normalized spacial score (nSPS) is 24.5. The Labute approximate surface area is 112 Å². The second kappa shape index (κ2) is 4.84. The zero-order chi connectivity index (χ0) is 12.5. The van der Waals surface area contributed by atoms with Gasteiger partial charge in [-0.3, -0.25) is 0 Å². The van der Waals surface area contributed by atoms with E-state index in [9.17, 15) is 0 Å². The van der Waals surface area contributed by atoms with Gasteiger partial charge in [0, 0.05) is 12.7 Å². The SMILES string of the molecule is CC1CCCCC1Cn1c(=S)[nH]c2cccnc21. The highest BCUT2D eigenvalue weighted by atomic mass is 32.1. The Balaban J connectivity index is 1.94. The predicted octanol–water partition coefficient (Wildman–Crippen LogP) is 3.92. The first kappa shape index (κ1) is 11.9. The van der Waals surface area contributed by atoms with Crippen LogP contribution in [0.3, 0.4) is 0 Å². The molecule has 0 spiro atoms. The molecule has 3 nitrogen and oxygen atoms in total. The number of nitrogens with one attached hydrogen (secondary N) is 1. The highest BCUT2D eigenvalue weighted by Gasteiger charge is 2.22. The lowest BCUT2D eigenvalue weighted by molar-refractivity contribution is 0.229. The molecule has 2 aromatic heterocycles. The smallest absolute Gasteiger partial charge is 0.179 e. The fourth-order valence-corrected chi connectivity index (χ4v) is 3.33. The Hall–Kier alpha value is -1.16. The summed E-state index contributed by atoms with van der Waals surface area (Å²) < 4.78 is 2.98. The van der Waals surface area contributed by atoms with Gasteiger partial charge < -0.3 is 9.55 Å². The molecule has 2 heterocycles. The van der Waals surface area contributed by atoms with Gasteiger partial charge >= 0.3 is 0 Å². The van der Waals surface area contributed by atoms with Crippen LogP contribution in [0.5, 0.6) is 0 Å². The Morgan fingerprint density at radius 2 is 2.28 bits per heavy atom. The first-order valence-corrected chi connectivity index (χ1v) is 7.20. The van der Waals surface area contributed by atoms with E-state index in [0.29, 0.717) is 0 Å². The average Bonchev–Trinajstić information content (AvgIpc) is 2.69. The van der Waals surface area contributed by atoms with Gasteiger partial charge in [0.05, 0.1) is 5.52 Å². The van der Waals surface area contributed by atoms with E-state index >= 15 is 0 Å². The number of hydrogen-bond donors (Lipinski definition) is 1. The van der Waals surface area contributed by atoms with Crippen LogP contribution in [0.2, 0.25) is 0 Å². The van der Waals surface area contributed by atoms with E-state index in [0.717, 1.165) is 34.3 Å². The molecule has 96 valence electrons. The van der Waals surface area contributed by atoms with Crippen molar-refractivity contribution in [2.75, 3.05) is 0 Å². The average molecular weight is 261 g/mol. The van der Waals surface area contributed by atoms with Gasteiger partial charge in [0.25, 0.3) is 0 Å². The molecule has 0 saturated heterocycles. The molecule has 0 aromatic carbocycles. The van der Waals surface area contributed by atoms with E-state index in [1.165, 1.54) is 25.7 Å². The summed E-state index contributed by atoms with van der Waals surface area (Å²) in [5.74, 6) is 1.54. The summed E-state index contributed by atoms with van der Waals surface area (Å²) in [4.78, 5) is 7.70. The summed E-state index contributed by atoms with van der Waals surface area (Å²) in [7, 11) is 0. The molecule has 0 amide bonds. The van der Waals surface area contributed by atoms with Gasteiger partial charge in [-0.1, -0.05) is 26.2 Å². The molecule has 1 aliphatic rings. The molecule has 1 N–H and O–H groups in total. The van der Waals surface area contributed by atoms with Crippen molar-refractivity contribution >= 4 is 23.4 Å². The van der Waals surface area contributed by atoms with E-state index in [1.54, 1.807) is 0 Å². The fourth-order valence-electron chi connectivity index (χ4n) is 3.06. The van der Waals surface area contributed by atoms with E-state index in [1.807, 2.05) is 18.3 Å². The molecule has 2 unspecified atom stereocenters. The number of rotatable bonds is 2. The van der Waals surface area contributed by atoms with E-state index in [4.69, 9.17) is 12.2 Å². The number of aromatic nitrogens is 3. The van der Waals surface area contributed by atoms with E-state index in [-0.39, 0.29) is 0 Å². The Morgan fingerprint density at radius 3 is 3.11 bits per heavy atom. The van der Waals surface area contributed by atoms with Gasteiger partial charge in [0.1, 0.15) is 0 Å². The van der Waals surface area contributed by atoms with Crippen LogP contribution in [0, 0.1) is 16.6 Å². The van der Waals surface area contributed by atoms with Crippen LogP contribution in [-0.2, 0) is 6.54 Å². The Morgan fingerprint density at radius 1 is 1.44 bits per heavy atom. The summed E-state index contributed by atoms with van der Waals surface area (Å²) in [6.45, 7) is 3.38. The van der Waals surface area contributed by atoms with Crippen LogP contribution < -0.4 is 0 Å². The van der Waals surface area contributed by atoms with Crippen LogP contribution >= 0.6 is 12.2 Å². The van der Waals surface area contributed by atoms with Crippen molar-refractivity contribution in [1.82, 2.24) is 14.5 Å². The maximum Gasteiger partial charge on any atom is 0.179 e. The van der Waals surface area contributed by atoms with Crippen LogP contribution in [0.25, 0.3) is 11.2 Å². The van der Waals surface area contributed by atoms with Gasteiger partial charge in [-0.25, -0.2) is 4.98 Å². The zero-order valence-corrected chi connectivity index (χ0v) is 11.5. The highest BCUT2D eigenvalue weighted by molar-refractivity contribution is 7.71. The molecular formula is C14H19N3S. The summed E-state index contributed by atoms with van der Waals surface area (Å²) in [6.07, 6.45) is 7.26. The number of hydrogen-bond acceptors (Lipinski definition) is 2. The lowest BCUT2D eigenvalue weighted by atomic mass is 9.80. The molecule has 1 aliphatic carbocycles. The number of H-pyrrole nitrogens is 1. The van der Waals surface area contributed by atoms with Crippen molar-refractivity contribution in [3.63, 3.8) is 0 Å². The first-order chi connectivity index (χ1) is 8.75. The first-order valence-electron chi connectivity index (χ1n) is 6.79. The molecule has 2 aromatic rings. The van der Waals surface area contributed by atoms with Gasteiger partial charge in [0.2, 0.25) is 0 Å². The van der Waals surface area contributed by atoms with Crippen molar-refractivity contribution in [1.29, 1.82) is 0 Å². The van der Waals surface area contributed by atoms with Crippen molar-refractivity contribution in [3.05, 3.63) is 23.1 Å². The third-order valence-electron chi connectivity index (χ3n) is 4.24. The monoisotopic (exact) mass is 261 g/mol. The molecule has 4 heteroatoms. The molecule has 3 rings (SSSR count). The summed E-state index contributed by atoms with van der Waals surface area (Å²) in [6, 6.07) is 3.99. The molecule has 18 heavy (non-hydrogen) atoms. The number of aromatic amines is 1. The van der Waals surface area contributed by atoms with Crippen molar-refractivity contribution in [2.45, 2.75) is 39.2 Å². The highest BCUT2D eigenvalue weighted by Crippen LogP contribution is 2.31. The maximum absolute atomic E-state index is 5.43. The standard InChI is InChI=1S/C14H19N3S/c1-10-5-2-3-6-11(10)9-17-13-12(16-14(17)18)7-4-8-15-13/h4,7-8,10-11H,2-3,5-6,9H2,1H3,(H,16,18). The quantitative estimate of drug-likeness (QED) is 0.831. The van der Waals surface area contributed by atoms with Crippen LogP contribution in [0.1, 0.15) is 32.6 Å². The van der Waals surface area contributed by atoms with Gasteiger partial charge in [-0.15, -0.1) is 0 Å². The Bertz CT molecular complexity index is 598. The van der Waals surface area contributed by atoms with Gasteiger partial charge in [-0.2, -0.15) is 0 Å². The molecule has 1 fully saturated rings. The third kappa shape index (κ3) is 2.09. The maximum atomic E-state index is 5.43. The van der Waals surface area contributed by atoms with Crippen molar-refractivity contribution in [3.8, 4) is 0 Å². The molecule has 0 radical (unpaired) electrons. The second-order valence-electron chi connectivity index (χ2n) is 5.44. The largest absolute Gasteiger partial charge is 0.329 e. The molecule has 0 bridgehead atoms. The summed E-state index contributed by atoms with van der Waals surface area (Å²) >= 11 is 5.43. The zero-order valence-electron chi connectivity index (χ0n) is 10.7. The number of pyridine rings is 1. The van der Waals surface area contributed by atoms with Crippen molar-refractivity contribution in [2.24, 2.45) is 11.8 Å². The number of nitrogens with zero attached hydrogens (tertiary/aromatic N) is 2. The van der Waals surface area contributed by atoms with E-state index < -0.39 is 0 Å². The lowest BCUT2D eigenvalue weighted by Gasteiger charge is -2.28. The minimum atomic E-state index is 0.742. The number of fused-ring (bicyclic) bond motifs is 1. The van der Waals surface area contributed by atoms with Crippen LogP contribution in [0.15, 0.2) is 18.3 Å². The minimum Gasteiger partial charge on any atom is -0.329 e. The molecule has 1 saturated carbocycles.